The topological polar surface area (TPSA) is 127 Å². The molecule has 0 aliphatic carbocycles. The minimum Gasteiger partial charge on any atom is -0.482 e. The van der Waals surface area contributed by atoms with Gasteiger partial charge >= 0.3 is 11.9 Å². The first-order chi connectivity index (χ1) is 12.5. The predicted octanol–water partition coefficient (Wildman–Crippen LogP) is 1.02. The van der Waals surface area contributed by atoms with Crippen molar-refractivity contribution in [3.05, 3.63) is 29.8 Å². The van der Waals surface area contributed by atoms with E-state index in [2.05, 4.69) is 15.5 Å². The van der Waals surface area contributed by atoms with Crippen LogP contribution in [0.2, 0.25) is 0 Å². The maximum Gasteiger partial charge on any atom is 0.344 e. The molecule has 0 bridgehead atoms. The van der Waals surface area contributed by atoms with E-state index in [0.29, 0.717) is 11.3 Å². The summed E-state index contributed by atoms with van der Waals surface area (Å²) in [6.45, 7) is 1.81. The Hall–Kier alpha value is -2.88. The summed E-state index contributed by atoms with van der Waals surface area (Å²) < 4.78 is 10.1. The van der Waals surface area contributed by atoms with E-state index >= 15 is 0 Å². The van der Waals surface area contributed by atoms with Gasteiger partial charge in [0.1, 0.15) is 11.0 Å². The number of nitrogens with zero attached hydrogens (tertiary/aromatic N) is 2. The normalized spacial score (nSPS) is 18.1. The maximum absolute atomic E-state index is 11.6. The van der Waals surface area contributed by atoms with E-state index in [4.69, 9.17) is 14.6 Å². The minimum absolute atomic E-state index is 0.190. The molecule has 1 fully saturated rings. The Kier molecular flexibility index (Phi) is 7.15. The third kappa shape index (κ3) is 6.20. The third-order valence-electron chi connectivity index (χ3n) is 3.01. The second-order valence-corrected chi connectivity index (χ2v) is 6.20. The number of amides is 1. The highest BCUT2D eigenvalue weighted by molar-refractivity contribution is 8.15. The van der Waals surface area contributed by atoms with Crippen LogP contribution < -0.4 is 10.1 Å². The van der Waals surface area contributed by atoms with E-state index < -0.39 is 23.1 Å². The summed E-state index contributed by atoms with van der Waals surface area (Å²) in [7, 11) is 0. The fraction of sp³-hybridized carbons (Fsp3) is 0.312. The summed E-state index contributed by atoms with van der Waals surface area (Å²) in [6.07, 6.45) is 1.17. The quantitative estimate of drug-likeness (QED) is 0.392. The van der Waals surface area contributed by atoms with Gasteiger partial charge in [-0.1, -0.05) is 23.9 Å². The number of aliphatic carboxylic acids is 1. The summed E-state index contributed by atoms with van der Waals surface area (Å²) in [5.74, 6) is -1.44. The highest BCUT2D eigenvalue weighted by Crippen LogP contribution is 2.22. The van der Waals surface area contributed by atoms with Gasteiger partial charge in [-0.25, -0.2) is 4.79 Å². The van der Waals surface area contributed by atoms with Crippen LogP contribution in [0.25, 0.3) is 0 Å². The standard InChI is InChI=1S/C16H17N3O6S/c1-2-24-14(22)9-25-11-5-3-4-10(6-11)8-17-19-16-18-15(23)12(26-16)7-13(20)21/h3-6,8,12H,2,7,9H2,1H3,(H,20,21)(H,18,19,23). The molecule has 138 valence electrons. The minimum atomic E-state index is -1.05. The lowest BCUT2D eigenvalue weighted by atomic mass is 10.2. The van der Waals surface area contributed by atoms with Crippen molar-refractivity contribution in [2.24, 2.45) is 10.2 Å². The fourth-order valence-electron chi connectivity index (χ4n) is 1.92. The maximum atomic E-state index is 11.6. The molecular weight excluding hydrogens is 362 g/mol. The van der Waals surface area contributed by atoms with Gasteiger partial charge in [-0.3, -0.25) is 9.59 Å². The van der Waals surface area contributed by atoms with Gasteiger partial charge in [0.05, 0.1) is 19.2 Å². The van der Waals surface area contributed by atoms with Crippen LogP contribution in [0, 0.1) is 0 Å². The zero-order chi connectivity index (χ0) is 18.9. The number of benzene rings is 1. The third-order valence-corrected chi connectivity index (χ3v) is 4.08. The molecule has 1 saturated heterocycles. The molecular formula is C16H17N3O6S. The summed E-state index contributed by atoms with van der Waals surface area (Å²) in [5.41, 5.74) is 0.673. The molecule has 9 nitrogen and oxygen atoms in total. The number of hydrogen-bond acceptors (Lipinski definition) is 8. The number of ether oxygens (including phenoxy) is 2. The van der Waals surface area contributed by atoms with Crippen molar-refractivity contribution in [1.82, 2.24) is 5.32 Å². The van der Waals surface area contributed by atoms with Crippen LogP contribution in [0.1, 0.15) is 18.9 Å². The lowest BCUT2D eigenvalue weighted by Gasteiger charge is -2.05. The first-order valence-electron chi connectivity index (χ1n) is 7.66. The van der Waals surface area contributed by atoms with Gasteiger partial charge in [0.2, 0.25) is 5.91 Å². The predicted molar refractivity (Wildman–Crippen MR) is 95.4 cm³/mol. The summed E-state index contributed by atoms with van der Waals surface area (Å²) in [4.78, 5) is 33.5. The molecule has 2 N–H and O–H groups in total. The van der Waals surface area contributed by atoms with E-state index in [1.165, 1.54) is 6.21 Å². The number of rotatable bonds is 8. The van der Waals surface area contributed by atoms with Crippen molar-refractivity contribution in [3.63, 3.8) is 0 Å². The van der Waals surface area contributed by atoms with Gasteiger partial charge in [-0.15, -0.1) is 5.10 Å². The second kappa shape index (κ2) is 9.56. The van der Waals surface area contributed by atoms with Gasteiger partial charge in [0.25, 0.3) is 0 Å². The van der Waals surface area contributed by atoms with Crippen molar-refractivity contribution < 1.29 is 29.0 Å². The van der Waals surface area contributed by atoms with Crippen LogP contribution in [0.4, 0.5) is 0 Å². The zero-order valence-corrected chi connectivity index (χ0v) is 14.7. The molecule has 1 heterocycles. The number of carboxylic acid groups (broad SMARTS) is 1. The van der Waals surface area contributed by atoms with Crippen molar-refractivity contribution in [1.29, 1.82) is 0 Å². The Labute approximate surface area is 153 Å². The molecule has 1 aliphatic heterocycles. The van der Waals surface area contributed by atoms with Gasteiger partial charge in [-0.2, -0.15) is 5.10 Å². The number of carboxylic acids is 1. The fourth-order valence-corrected chi connectivity index (χ4v) is 2.84. The number of carbonyl (C=O) groups is 3. The van der Waals surface area contributed by atoms with Crippen LogP contribution in [-0.2, 0) is 19.1 Å². The first-order valence-corrected chi connectivity index (χ1v) is 8.54. The van der Waals surface area contributed by atoms with Crippen molar-refractivity contribution in [2.75, 3.05) is 13.2 Å². The molecule has 0 saturated carbocycles. The smallest absolute Gasteiger partial charge is 0.344 e. The number of thioether (sulfide) groups is 1. The van der Waals surface area contributed by atoms with Crippen LogP contribution in [0.15, 0.2) is 34.5 Å². The Bertz CT molecular complexity index is 749. The van der Waals surface area contributed by atoms with Crippen LogP contribution in [0.5, 0.6) is 5.75 Å². The van der Waals surface area contributed by atoms with Gasteiger partial charge in [0, 0.05) is 0 Å². The molecule has 2 rings (SSSR count). The molecule has 1 unspecified atom stereocenters. The molecule has 1 aliphatic rings. The van der Waals surface area contributed by atoms with Crippen LogP contribution in [-0.4, -0.2) is 52.8 Å². The lowest BCUT2D eigenvalue weighted by molar-refractivity contribution is -0.145. The Balaban J connectivity index is 1.92. The van der Waals surface area contributed by atoms with E-state index in [0.717, 1.165) is 11.8 Å². The molecule has 1 aromatic carbocycles. The second-order valence-electron chi connectivity index (χ2n) is 5.01. The van der Waals surface area contributed by atoms with Crippen molar-refractivity contribution >= 4 is 41.0 Å². The highest BCUT2D eigenvalue weighted by Gasteiger charge is 2.32. The molecule has 1 aromatic rings. The molecule has 26 heavy (non-hydrogen) atoms. The van der Waals surface area contributed by atoms with E-state index in [1.54, 1.807) is 31.2 Å². The van der Waals surface area contributed by atoms with Crippen LogP contribution in [0.3, 0.4) is 0 Å². The first kappa shape index (κ1) is 19.4. The van der Waals surface area contributed by atoms with Gasteiger partial charge in [-0.05, 0) is 24.6 Å². The van der Waals surface area contributed by atoms with Crippen LogP contribution >= 0.6 is 11.8 Å². The number of carbonyl (C=O) groups excluding carboxylic acids is 2. The zero-order valence-electron chi connectivity index (χ0n) is 13.9. The summed E-state index contributed by atoms with van der Waals surface area (Å²) in [6, 6.07) is 6.83. The lowest BCUT2D eigenvalue weighted by Crippen LogP contribution is -2.26. The molecule has 10 heteroatoms. The Morgan fingerprint density at radius 3 is 2.96 bits per heavy atom. The highest BCUT2D eigenvalue weighted by atomic mass is 32.2. The van der Waals surface area contributed by atoms with E-state index in [-0.39, 0.29) is 24.8 Å². The molecule has 1 atom stereocenters. The average molecular weight is 379 g/mol. The number of nitrogens with one attached hydrogen (secondary N) is 1. The molecule has 1 amide bonds. The number of esters is 1. The van der Waals surface area contributed by atoms with E-state index in [9.17, 15) is 14.4 Å². The summed E-state index contributed by atoms with van der Waals surface area (Å²) >= 11 is 1.02. The average Bonchev–Trinajstić information content (AvgIpc) is 2.93. The van der Waals surface area contributed by atoms with Crippen molar-refractivity contribution in [3.8, 4) is 5.75 Å². The Morgan fingerprint density at radius 1 is 1.42 bits per heavy atom. The van der Waals surface area contributed by atoms with Gasteiger partial charge < -0.3 is 19.9 Å². The number of amidine groups is 1. The van der Waals surface area contributed by atoms with Gasteiger partial charge in [0.15, 0.2) is 11.8 Å². The monoisotopic (exact) mass is 379 g/mol. The largest absolute Gasteiger partial charge is 0.482 e. The SMILES string of the molecule is CCOC(=O)COc1cccc(C=NN=C2NC(=O)C(CC(=O)O)S2)c1. The molecule has 0 spiro atoms. The van der Waals surface area contributed by atoms with Crippen molar-refractivity contribution in [2.45, 2.75) is 18.6 Å². The Morgan fingerprint density at radius 2 is 2.23 bits per heavy atom. The van der Waals surface area contributed by atoms with E-state index in [1.807, 2.05) is 0 Å². The molecule has 0 aromatic heterocycles. The molecule has 0 radical (unpaired) electrons. The summed E-state index contributed by atoms with van der Waals surface area (Å²) in [5, 5.41) is 18.5. The number of hydrogen-bond donors (Lipinski definition) is 2.